The number of nitrogens with zero attached hydrogens (tertiary/aromatic N) is 6. The minimum absolute atomic E-state index is 0.148. The van der Waals surface area contributed by atoms with E-state index in [0.29, 0.717) is 28.0 Å². The fraction of sp³-hybridized carbons (Fsp3) is 0.400. The highest BCUT2D eigenvalue weighted by Gasteiger charge is 2.36. The maximum atomic E-state index is 14.0. The van der Waals surface area contributed by atoms with Crippen LogP contribution in [-0.2, 0) is 20.3 Å². The molecule has 11 nitrogen and oxygen atoms in total. The molecule has 1 aromatic carbocycles. The molecule has 0 radical (unpaired) electrons. The molecule has 3 aromatic heterocycles. The van der Waals surface area contributed by atoms with Crippen molar-refractivity contribution in [3.63, 3.8) is 0 Å². The van der Waals surface area contributed by atoms with Crippen LogP contribution in [-0.4, -0.2) is 71.3 Å². The second-order valence-corrected chi connectivity index (χ2v) is 11.8. The maximum Gasteiger partial charge on any atom is 0.197 e. The Morgan fingerprint density at radius 3 is 2.31 bits per heavy atom. The van der Waals surface area contributed by atoms with E-state index in [0.717, 1.165) is 18.1 Å². The predicted molar refractivity (Wildman–Crippen MR) is 144 cm³/mol. The summed E-state index contributed by atoms with van der Waals surface area (Å²) in [7, 11) is 0.604. The molecule has 0 spiro atoms. The molecule has 0 amide bonds. The quantitative estimate of drug-likeness (QED) is 0.246. The lowest BCUT2D eigenvalue weighted by Crippen LogP contribution is -2.31. The third-order valence-electron chi connectivity index (χ3n) is 6.17. The number of hydrogen-bond donors (Lipinski definition) is 0. The van der Waals surface area contributed by atoms with E-state index in [1.807, 2.05) is 12.3 Å². The summed E-state index contributed by atoms with van der Waals surface area (Å²) in [5.41, 5.74) is 1.24. The zero-order valence-electron chi connectivity index (χ0n) is 22.2. The summed E-state index contributed by atoms with van der Waals surface area (Å²) in [6, 6.07) is 5.24. The van der Waals surface area contributed by atoms with Gasteiger partial charge in [0, 0.05) is 30.7 Å². The number of thiazole rings is 1. The van der Waals surface area contributed by atoms with Gasteiger partial charge in [0.2, 0.25) is 0 Å². The summed E-state index contributed by atoms with van der Waals surface area (Å²) < 4.78 is 59.5. The number of methoxy groups -OCH3 is 3. The number of rotatable bonds is 12. The SMILES string of the molecule is COCC[C@@H]([C@H](C)c1ncc(F)cn1)S(=O)(=O)Cc1nnc(-c2nc(C)cs2)n1-c1c(OC)cccc1OC. The second-order valence-electron chi connectivity index (χ2n) is 8.76. The zero-order chi connectivity index (χ0) is 28.2. The van der Waals surface area contributed by atoms with Crippen molar-refractivity contribution >= 4 is 21.2 Å². The molecule has 4 rings (SSSR count). The van der Waals surface area contributed by atoms with Crippen molar-refractivity contribution in [2.45, 2.75) is 37.2 Å². The standard InChI is InChI=1S/C25H29FN6O5S2/c1-15-13-38-25(29-15)24-31-30-21(32(24)22-18(36-4)7-6-8-19(22)37-5)14-39(33,34)20(9-10-35-3)16(2)23-27-11-17(26)12-28-23/h6-8,11-13,16,20H,9-10,14H2,1-5H3/t16-,20-/m0/s1. The molecule has 0 saturated carbocycles. The third-order valence-corrected chi connectivity index (χ3v) is 9.35. The monoisotopic (exact) mass is 576 g/mol. The lowest BCUT2D eigenvalue weighted by atomic mass is 10.0. The molecule has 0 fully saturated rings. The molecule has 4 aromatic rings. The Morgan fingerprint density at radius 1 is 1.08 bits per heavy atom. The normalized spacial score (nSPS) is 13.3. The predicted octanol–water partition coefficient (Wildman–Crippen LogP) is 3.77. The molecule has 3 heterocycles. The summed E-state index contributed by atoms with van der Waals surface area (Å²) in [5.74, 6) is -0.133. The average Bonchev–Trinajstić information content (AvgIpc) is 3.53. The number of hydrogen-bond acceptors (Lipinski definition) is 11. The van der Waals surface area contributed by atoms with E-state index < -0.39 is 32.6 Å². The van der Waals surface area contributed by atoms with E-state index in [9.17, 15) is 12.8 Å². The van der Waals surface area contributed by atoms with Crippen molar-refractivity contribution in [2.75, 3.05) is 27.9 Å². The zero-order valence-corrected chi connectivity index (χ0v) is 23.8. The second kappa shape index (κ2) is 12.1. The van der Waals surface area contributed by atoms with Crippen molar-refractivity contribution in [3.05, 3.63) is 59.1 Å². The Bertz CT molecular complexity index is 1500. The third kappa shape index (κ3) is 6.07. The molecule has 0 aliphatic heterocycles. The van der Waals surface area contributed by atoms with Crippen LogP contribution >= 0.6 is 11.3 Å². The highest BCUT2D eigenvalue weighted by atomic mass is 32.2. The van der Waals surface area contributed by atoms with Crippen LogP contribution in [0.25, 0.3) is 16.5 Å². The lowest BCUT2D eigenvalue weighted by Gasteiger charge is -2.23. The van der Waals surface area contributed by atoms with E-state index in [1.54, 1.807) is 29.7 Å². The molecule has 0 aliphatic carbocycles. The first-order valence-electron chi connectivity index (χ1n) is 12.0. The fourth-order valence-electron chi connectivity index (χ4n) is 4.28. The largest absolute Gasteiger partial charge is 0.494 e. The van der Waals surface area contributed by atoms with Crippen LogP contribution in [0.1, 0.15) is 36.6 Å². The smallest absolute Gasteiger partial charge is 0.197 e. The number of sulfone groups is 1. The molecular weight excluding hydrogens is 547 g/mol. The molecule has 0 saturated heterocycles. The number of halogens is 1. The fourth-order valence-corrected chi connectivity index (χ4v) is 7.01. The Kier molecular flexibility index (Phi) is 8.87. The highest BCUT2D eigenvalue weighted by molar-refractivity contribution is 7.91. The Labute approximate surface area is 230 Å². The van der Waals surface area contributed by atoms with Crippen molar-refractivity contribution < 1.29 is 27.0 Å². The lowest BCUT2D eigenvalue weighted by molar-refractivity contribution is 0.191. The number of ether oxygens (including phenoxy) is 3. The molecule has 0 bridgehead atoms. The van der Waals surface area contributed by atoms with Crippen LogP contribution in [0.4, 0.5) is 4.39 Å². The molecule has 14 heteroatoms. The molecule has 0 unspecified atom stereocenters. The van der Waals surface area contributed by atoms with Crippen molar-refractivity contribution in [1.82, 2.24) is 29.7 Å². The van der Waals surface area contributed by atoms with E-state index >= 15 is 0 Å². The van der Waals surface area contributed by atoms with E-state index in [1.165, 1.54) is 32.7 Å². The summed E-state index contributed by atoms with van der Waals surface area (Å²) in [6.07, 6.45) is 2.21. The van der Waals surface area contributed by atoms with E-state index in [4.69, 9.17) is 14.2 Å². The van der Waals surface area contributed by atoms with Gasteiger partial charge in [-0.25, -0.2) is 27.8 Å². The van der Waals surface area contributed by atoms with E-state index in [2.05, 4.69) is 25.1 Å². The molecule has 0 N–H and O–H groups in total. The van der Waals surface area contributed by atoms with Gasteiger partial charge in [-0.1, -0.05) is 13.0 Å². The summed E-state index contributed by atoms with van der Waals surface area (Å²) in [5, 5.41) is 10.1. The molecule has 0 aliphatic rings. The molecule has 39 heavy (non-hydrogen) atoms. The van der Waals surface area contributed by atoms with Crippen molar-refractivity contribution in [1.29, 1.82) is 0 Å². The minimum atomic E-state index is -3.91. The van der Waals surface area contributed by atoms with Crippen molar-refractivity contribution in [3.8, 4) is 28.0 Å². The van der Waals surface area contributed by atoms with Gasteiger partial charge in [0.05, 0.1) is 31.9 Å². The first kappa shape index (κ1) is 28.5. The van der Waals surface area contributed by atoms with Crippen LogP contribution in [0.5, 0.6) is 11.5 Å². The minimum Gasteiger partial charge on any atom is -0.494 e. The van der Waals surface area contributed by atoms with Gasteiger partial charge in [0.15, 0.2) is 32.3 Å². The number of para-hydroxylation sites is 1. The summed E-state index contributed by atoms with van der Waals surface area (Å²) in [6.45, 7) is 3.74. The van der Waals surface area contributed by atoms with Gasteiger partial charge in [-0.3, -0.25) is 4.57 Å². The van der Waals surface area contributed by atoms with Gasteiger partial charge in [0.25, 0.3) is 0 Å². The topological polar surface area (TPSA) is 131 Å². The molecule has 2 atom stereocenters. The average molecular weight is 577 g/mol. The molecular formula is C25H29FN6O5S2. The Balaban J connectivity index is 1.84. The van der Waals surface area contributed by atoms with Crippen LogP contribution in [0.3, 0.4) is 0 Å². The van der Waals surface area contributed by atoms with Crippen LogP contribution in [0.15, 0.2) is 36.0 Å². The van der Waals surface area contributed by atoms with Crippen molar-refractivity contribution in [2.24, 2.45) is 0 Å². The van der Waals surface area contributed by atoms with Gasteiger partial charge in [-0.2, -0.15) is 0 Å². The van der Waals surface area contributed by atoms with Gasteiger partial charge >= 0.3 is 0 Å². The van der Waals surface area contributed by atoms with E-state index in [-0.39, 0.29) is 24.7 Å². The van der Waals surface area contributed by atoms with Gasteiger partial charge < -0.3 is 14.2 Å². The Morgan fingerprint density at radius 2 is 1.74 bits per heavy atom. The number of aryl methyl sites for hydroxylation is 1. The first-order chi connectivity index (χ1) is 18.7. The van der Waals surface area contributed by atoms with Crippen LogP contribution < -0.4 is 9.47 Å². The highest BCUT2D eigenvalue weighted by Crippen LogP contribution is 2.38. The maximum absolute atomic E-state index is 14.0. The van der Waals surface area contributed by atoms with Crippen LogP contribution in [0, 0.1) is 12.7 Å². The number of benzene rings is 1. The summed E-state index contributed by atoms with van der Waals surface area (Å²) >= 11 is 1.36. The summed E-state index contributed by atoms with van der Waals surface area (Å²) in [4.78, 5) is 12.6. The first-order valence-corrected chi connectivity index (χ1v) is 14.6. The Hall–Kier alpha value is -3.49. The molecule has 208 valence electrons. The van der Waals surface area contributed by atoms with Gasteiger partial charge in [-0.15, -0.1) is 21.5 Å². The van der Waals surface area contributed by atoms with Gasteiger partial charge in [0.1, 0.15) is 28.8 Å². The van der Waals surface area contributed by atoms with Crippen LogP contribution in [0.2, 0.25) is 0 Å². The van der Waals surface area contributed by atoms with Gasteiger partial charge in [-0.05, 0) is 25.5 Å². The number of aromatic nitrogens is 6.